The van der Waals surface area contributed by atoms with Crippen molar-refractivity contribution in [2.45, 2.75) is 32.1 Å². The summed E-state index contributed by atoms with van der Waals surface area (Å²) in [5.74, 6) is -0.435. The average molecular weight is 285 g/mol. The molecule has 0 fully saturated rings. The Morgan fingerprint density at radius 2 is 2.21 bits per heavy atom. The average Bonchev–Trinajstić information content (AvgIpc) is 2.37. The Hall–Kier alpha value is -1.62. The van der Waals surface area contributed by atoms with E-state index in [1.807, 2.05) is 6.92 Å². The minimum Gasteiger partial charge on any atom is -0.352 e. The number of nitro groups is 1. The molecule has 19 heavy (non-hydrogen) atoms. The summed E-state index contributed by atoms with van der Waals surface area (Å²) >= 11 is 5.94. The van der Waals surface area contributed by atoms with Gasteiger partial charge in [0.05, 0.1) is 4.92 Å². The molecule has 0 aromatic heterocycles. The molecule has 0 heterocycles. The van der Waals surface area contributed by atoms with Crippen LogP contribution in [0.5, 0.6) is 0 Å². The third-order valence-electron chi connectivity index (χ3n) is 2.78. The van der Waals surface area contributed by atoms with Gasteiger partial charge in [0.15, 0.2) is 0 Å². The SMILES string of the molecule is CCC(Cl)CCNC(=O)c1cc(C)ccc1[N+](=O)[O-]. The quantitative estimate of drug-likeness (QED) is 0.496. The van der Waals surface area contributed by atoms with E-state index in [-0.39, 0.29) is 16.6 Å². The van der Waals surface area contributed by atoms with Gasteiger partial charge in [0.25, 0.3) is 11.6 Å². The molecule has 104 valence electrons. The van der Waals surface area contributed by atoms with Crippen LogP contribution in [0.1, 0.15) is 35.7 Å². The highest BCUT2D eigenvalue weighted by Crippen LogP contribution is 2.19. The van der Waals surface area contributed by atoms with E-state index in [0.717, 1.165) is 12.0 Å². The molecule has 0 radical (unpaired) electrons. The predicted octanol–water partition coefficient (Wildman–Crippen LogP) is 3.04. The van der Waals surface area contributed by atoms with Gasteiger partial charge in [0.2, 0.25) is 0 Å². The summed E-state index contributed by atoms with van der Waals surface area (Å²) in [4.78, 5) is 22.3. The number of carbonyl (C=O) groups is 1. The van der Waals surface area contributed by atoms with E-state index in [1.165, 1.54) is 12.1 Å². The Morgan fingerprint density at radius 1 is 1.53 bits per heavy atom. The number of aryl methyl sites for hydroxylation is 1. The molecule has 0 saturated heterocycles. The maximum Gasteiger partial charge on any atom is 0.282 e. The number of hydrogen-bond acceptors (Lipinski definition) is 3. The van der Waals surface area contributed by atoms with Crippen molar-refractivity contribution in [3.63, 3.8) is 0 Å². The van der Waals surface area contributed by atoms with Crippen LogP contribution in [-0.4, -0.2) is 22.8 Å². The molecule has 1 aromatic carbocycles. The first-order valence-electron chi connectivity index (χ1n) is 6.13. The topological polar surface area (TPSA) is 72.2 Å². The van der Waals surface area contributed by atoms with Crippen LogP contribution in [0.2, 0.25) is 0 Å². The summed E-state index contributed by atoms with van der Waals surface area (Å²) in [6.07, 6.45) is 1.46. The van der Waals surface area contributed by atoms with Gasteiger partial charge < -0.3 is 5.32 Å². The third-order valence-corrected chi connectivity index (χ3v) is 3.31. The van der Waals surface area contributed by atoms with Crippen molar-refractivity contribution in [2.24, 2.45) is 0 Å². The van der Waals surface area contributed by atoms with Crippen molar-refractivity contribution in [2.75, 3.05) is 6.54 Å². The standard InChI is InChI=1S/C13H17ClN2O3/c1-3-10(14)6-7-15-13(17)11-8-9(2)4-5-12(11)16(18)19/h4-5,8,10H,3,6-7H2,1-2H3,(H,15,17). The van der Waals surface area contributed by atoms with Crippen LogP contribution >= 0.6 is 11.6 Å². The van der Waals surface area contributed by atoms with Gasteiger partial charge in [-0.25, -0.2) is 0 Å². The van der Waals surface area contributed by atoms with E-state index < -0.39 is 10.8 Å². The summed E-state index contributed by atoms with van der Waals surface area (Å²) in [6.45, 7) is 4.16. The Labute approximate surface area is 117 Å². The number of carbonyl (C=O) groups excluding carboxylic acids is 1. The lowest BCUT2D eigenvalue weighted by Crippen LogP contribution is -2.26. The molecule has 6 heteroatoms. The van der Waals surface area contributed by atoms with E-state index in [2.05, 4.69) is 5.32 Å². The predicted molar refractivity (Wildman–Crippen MR) is 74.7 cm³/mol. The fourth-order valence-corrected chi connectivity index (χ4v) is 1.74. The van der Waals surface area contributed by atoms with Crippen molar-refractivity contribution in [3.05, 3.63) is 39.4 Å². The molecule has 0 saturated carbocycles. The molecule has 0 spiro atoms. The molecule has 0 aliphatic rings. The van der Waals surface area contributed by atoms with Crippen LogP contribution < -0.4 is 5.32 Å². The van der Waals surface area contributed by atoms with Crippen LogP contribution in [0.25, 0.3) is 0 Å². The Balaban J connectivity index is 2.76. The molecule has 5 nitrogen and oxygen atoms in total. The molecule has 1 unspecified atom stereocenters. The highest BCUT2D eigenvalue weighted by molar-refractivity contribution is 6.20. The second-order valence-electron chi connectivity index (χ2n) is 4.33. The zero-order valence-corrected chi connectivity index (χ0v) is 11.7. The zero-order chi connectivity index (χ0) is 14.4. The van der Waals surface area contributed by atoms with Crippen LogP contribution in [0.3, 0.4) is 0 Å². The first-order chi connectivity index (χ1) is 8.95. The van der Waals surface area contributed by atoms with Gasteiger partial charge in [-0.05, 0) is 31.4 Å². The van der Waals surface area contributed by atoms with Crippen LogP contribution in [0.15, 0.2) is 18.2 Å². The molecule has 1 atom stereocenters. The van der Waals surface area contributed by atoms with Crippen LogP contribution in [0, 0.1) is 17.0 Å². The highest BCUT2D eigenvalue weighted by atomic mass is 35.5. The van der Waals surface area contributed by atoms with Crippen molar-refractivity contribution < 1.29 is 9.72 Å². The lowest BCUT2D eigenvalue weighted by atomic mass is 10.1. The van der Waals surface area contributed by atoms with Gasteiger partial charge in [-0.15, -0.1) is 11.6 Å². The summed E-state index contributed by atoms with van der Waals surface area (Å²) in [6, 6.07) is 4.48. The lowest BCUT2D eigenvalue weighted by molar-refractivity contribution is -0.385. The smallest absolute Gasteiger partial charge is 0.282 e. The minimum atomic E-state index is -0.551. The largest absolute Gasteiger partial charge is 0.352 e. The number of benzene rings is 1. The summed E-state index contributed by atoms with van der Waals surface area (Å²) < 4.78 is 0. The third kappa shape index (κ3) is 4.52. The number of nitrogens with one attached hydrogen (secondary N) is 1. The molecule has 0 bridgehead atoms. The zero-order valence-electron chi connectivity index (χ0n) is 11.0. The summed E-state index contributed by atoms with van der Waals surface area (Å²) in [5.41, 5.74) is 0.716. The van der Waals surface area contributed by atoms with Gasteiger partial charge in [-0.2, -0.15) is 0 Å². The molecule has 0 aliphatic carbocycles. The van der Waals surface area contributed by atoms with Gasteiger partial charge in [0, 0.05) is 18.0 Å². The first-order valence-corrected chi connectivity index (χ1v) is 6.56. The van der Waals surface area contributed by atoms with Gasteiger partial charge >= 0.3 is 0 Å². The molecule has 1 N–H and O–H groups in total. The molecular formula is C13H17ClN2O3. The van der Waals surface area contributed by atoms with Crippen molar-refractivity contribution in [1.82, 2.24) is 5.32 Å². The van der Waals surface area contributed by atoms with Crippen LogP contribution in [0.4, 0.5) is 5.69 Å². The van der Waals surface area contributed by atoms with E-state index >= 15 is 0 Å². The lowest BCUT2D eigenvalue weighted by Gasteiger charge is -2.08. The fraction of sp³-hybridized carbons (Fsp3) is 0.462. The molecule has 0 aliphatic heterocycles. The normalized spacial score (nSPS) is 11.9. The maximum atomic E-state index is 11.9. The van der Waals surface area contributed by atoms with Crippen LogP contribution in [-0.2, 0) is 0 Å². The van der Waals surface area contributed by atoms with E-state index in [4.69, 9.17) is 11.6 Å². The van der Waals surface area contributed by atoms with E-state index in [0.29, 0.717) is 13.0 Å². The molecular weight excluding hydrogens is 268 g/mol. The van der Waals surface area contributed by atoms with Crippen molar-refractivity contribution >= 4 is 23.2 Å². The number of nitro benzene ring substituents is 1. The highest BCUT2D eigenvalue weighted by Gasteiger charge is 2.19. The minimum absolute atomic E-state index is 0.00722. The number of amides is 1. The second-order valence-corrected chi connectivity index (χ2v) is 4.95. The maximum absolute atomic E-state index is 11.9. The number of halogens is 1. The Kier molecular flexibility index (Phi) is 5.76. The number of alkyl halides is 1. The molecule has 1 rings (SSSR count). The van der Waals surface area contributed by atoms with Gasteiger partial charge in [0.1, 0.15) is 5.56 Å². The second kappa shape index (κ2) is 7.09. The van der Waals surface area contributed by atoms with Gasteiger partial charge in [-0.1, -0.05) is 13.0 Å². The monoisotopic (exact) mass is 284 g/mol. The van der Waals surface area contributed by atoms with Crippen molar-refractivity contribution in [3.8, 4) is 0 Å². The Bertz CT molecular complexity index is 477. The molecule has 1 amide bonds. The number of hydrogen-bond donors (Lipinski definition) is 1. The molecule has 1 aromatic rings. The summed E-state index contributed by atoms with van der Waals surface area (Å²) in [7, 11) is 0. The van der Waals surface area contributed by atoms with E-state index in [1.54, 1.807) is 13.0 Å². The number of nitrogens with zero attached hydrogens (tertiary/aromatic N) is 1. The number of rotatable bonds is 6. The first kappa shape index (κ1) is 15.4. The summed E-state index contributed by atoms with van der Waals surface area (Å²) in [5, 5.41) is 13.5. The van der Waals surface area contributed by atoms with Crippen molar-refractivity contribution in [1.29, 1.82) is 0 Å². The fourth-order valence-electron chi connectivity index (χ4n) is 1.63. The van der Waals surface area contributed by atoms with Gasteiger partial charge in [-0.3, -0.25) is 14.9 Å². The van der Waals surface area contributed by atoms with E-state index in [9.17, 15) is 14.9 Å². The Morgan fingerprint density at radius 3 is 2.79 bits per heavy atom.